The van der Waals surface area contributed by atoms with Crippen molar-refractivity contribution in [3.8, 4) is 0 Å². The average molecular weight is 199 g/mol. The van der Waals surface area contributed by atoms with E-state index >= 15 is 0 Å². The minimum absolute atomic E-state index is 0. The van der Waals surface area contributed by atoms with Gasteiger partial charge >= 0.3 is 0 Å². The first-order chi connectivity index (χ1) is 4.27. The van der Waals surface area contributed by atoms with E-state index < -0.39 is 0 Å². The molecule has 68 valence electrons. The Hall–Kier alpha value is 0.500. The van der Waals surface area contributed by atoms with Crippen LogP contribution in [0.25, 0.3) is 0 Å². The molecule has 2 aliphatic carbocycles. The Morgan fingerprint density at radius 2 is 1.09 bits per heavy atom. The van der Waals surface area contributed by atoms with Crippen LogP contribution in [0.2, 0.25) is 0 Å². The van der Waals surface area contributed by atoms with Crippen LogP contribution in [0.15, 0.2) is 0 Å². The highest BCUT2D eigenvalue weighted by Gasteiger charge is 2.42. The summed E-state index contributed by atoms with van der Waals surface area (Å²) in [5.74, 6) is 1.54. The molecule has 0 aromatic carbocycles. The maximum absolute atomic E-state index is 5.83. The molecule has 0 aromatic heterocycles. The zero-order valence-electron chi connectivity index (χ0n) is 6.40. The second kappa shape index (κ2) is 3.94. The molecule has 2 saturated carbocycles. The first kappa shape index (κ1) is 11.5. The van der Waals surface area contributed by atoms with Gasteiger partial charge in [0.25, 0.3) is 0 Å². The van der Waals surface area contributed by atoms with Gasteiger partial charge in [-0.25, -0.2) is 0 Å². The van der Waals surface area contributed by atoms with Crippen LogP contribution in [0.5, 0.6) is 0 Å². The summed E-state index contributed by atoms with van der Waals surface area (Å²) in [6, 6.07) is 0.963. The normalized spacial score (nSPS) is 46.4. The van der Waals surface area contributed by atoms with Crippen LogP contribution in [-0.4, -0.2) is 12.1 Å². The van der Waals surface area contributed by atoms with E-state index in [0.29, 0.717) is 12.1 Å². The van der Waals surface area contributed by atoms with Crippen molar-refractivity contribution in [3.63, 3.8) is 0 Å². The third-order valence-corrected chi connectivity index (χ3v) is 2.97. The number of hydrogen-bond acceptors (Lipinski definition) is 2. The first-order valence-corrected chi connectivity index (χ1v) is 3.78. The number of rotatable bonds is 0. The molecule has 4 N–H and O–H groups in total. The molecule has 2 nitrogen and oxygen atoms in total. The minimum Gasteiger partial charge on any atom is -0.327 e. The molecule has 0 spiro atoms. The van der Waals surface area contributed by atoms with E-state index in [0.717, 1.165) is 11.8 Å². The second-order valence-electron chi connectivity index (χ2n) is 3.55. The maximum Gasteiger partial charge on any atom is 0.00710 e. The van der Waals surface area contributed by atoms with Crippen molar-refractivity contribution in [2.24, 2.45) is 23.3 Å². The molecule has 0 heterocycles. The van der Waals surface area contributed by atoms with Crippen LogP contribution in [0.3, 0.4) is 0 Å². The summed E-state index contributed by atoms with van der Waals surface area (Å²) in [6.45, 7) is 0. The van der Waals surface area contributed by atoms with E-state index in [4.69, 9.17) is 11.5 Å². The van der Waals surface area contributed by atoms with Crippen molar-refractivity contribution in [2.45, 2.75) is 31.3 Å². The van der Waals surface area contributed by atoms with Crippen molar-refractivity contribution in [3.05, 3.63) is 0 Å². The lowest BCUT2D eigenvalue weighted by Gasteiger charge is -2.21. The minimum atomic E-state index is 0. The highest BCUT2D eigenvalue weighted by atomic mass is 35.5. The molecule has 2 bridgehead atoms. The molecule has 11 heavy (non-hydrogen) atoms. The Labute approximate surface area is 79.9 Å². The Bertz CT molecular complexity index is 114. The summed E-state index contributed by atoms with van der Waals surface area (Å²) in [5, 5.41) is 0. The summed E-state index contributed by atoms with van der Waals surface area (Å²) in [7, 11) is 0. The van der Waals surface area contributed by atoms with Crippen molar-refractivity contribution in [1.29, 1.82) is 0 Å². The van der Waals surface area contributed by atoms with Crippen LogP contribution in [-0.2, 0) is 0 Å². The summed E-state index contributed by atoms with van der Waals surface area (Å²) in [4.78, 5) is 0. The molecular weight excluding hydrogens is 183 g/mol. The number of nitrogens with two attached hydrogens (primary N) is 2. The van der Waals surface area contributed by atoms with Crippen molar-refractivity contribution >= 4 is 24.8 Å². The van der Waals surface area contributed by atoms with Crippen LogP contribution in [0.4, 0.5) is 0 Å². The molecular formula is C7H16Cl2N2. The third kappa shape index (κ3) is 1.81. The summed E-state index contributed by atoms with van der Waals surface area (Å²) in [5.41, 5.74) is 11.7. The van der Waals surface area contributed by atoms with E-state index in [-0.39, 0.29) is 24.8 Å². The fraction of sp³-hybridized carbons (Fsp3) is 1.00. The van der Waals surface area contributed by atoms with Crippen molar-refractivity contribution in [2.75, 3.05) is 0 Å². The molecule has 2 aliphatic rings. The first-order valence-electron chi connectivity index (χ1n) is 3.78. The van der Waals surface area contributed by atoms with Gasteiger partial charge in [0.2, 0.25) is 0 Å². The molecule has 4 unspecified atom stereocenters. The van der Waals surface area contributed by atoms with Gasteiger partial charge in [0.1, 0.15) is 0 Å². The lowest BCUT2D eigenvalue weighted by atomic mass is 9.93. The van der Waals surface area contributed by atoms with Gasteiger partial charge in [-0.15, -0.1) is 24.8 Å². The third-order valence-electron chi connectivity index (χ3n) is 2.97. The largest absolute Gasteiger partial charge is 0.327 e. The highest BCUT2D eigenvalue weighted by molar-refractivity contribution is 5.85. The quantitative estimate of drug-likeness (QED) is 0.609. The van der Waals surface area contributed by atoms with E-state index in [2.05, 4.69) is 0 Å². The molecule has 4 heteroatoms. The molecule has 0 radical (unpaired) electrons. The van der Waals surface area contributed by atoms with Gasteiger partial charge in [0.05, 0.1) is 0 Å². The summed E-state index contributed by atoms with van der Waals surface area (Å²) >= 11 is 0. The number of hydrogen-bond donors (Lipinski definition) is 2. The van der Waals surface area contributed by atoms with Crippen LogP contribution < -0.4 is 11.5 Å². The van der Waals surface area contributed by atoms with Gasteiger partial charge in [-0.05, 0) is 31.1 Å². The Kier molecular flexibility index (Phi) is 4.12. The van der Waals surface area contributed by atoms with Gasteiger partial charge < -0.3 is 11.5 Å². The zero-order chi connectivity index (χ0) is 6.43. The van der Waals surface area contributed by atoms with E-state index in [1.165, 1.54) is 19.3 Å². The smallest absolute Gasteiger partial charge is 0.00710 e. The highest BCUT2D eigenvalue weighted by Crippen LogP contribution is 2.42. The maximum atomic E-state index is 5.83. The number of halogens is 2. The van der Waals surface area contributed by atoms with Gasteiger partial charge in [-0.2, -0.15) is 0 Å². The molecule has 0 amide bonds. The van der Waals surface area contributed by atoms with Crippen LogP contribution in [0.1, 0.15) is 19.3 Å². The van der Waals surface area contributed by atoms with Gasteiger partial charge in [0.15, 0.2) is 0 Å². The van der Waals surface area contributed by atoms with E-state index in [9.17, 15) is 0 Å². The standard InChI is InChI=1S/C7H14N2.2ClH/c8-6-2-4-1-5(6)3-7(4)9;;/h4-7H,1-3,8-9H2;2*1H. The predicted octanol–water partition coefficient (Wildman–Crippen LogP) is 0.914. The van der Waals surface area contributed by atoms with Gasteiger partial charge in [0, 0.05) is 12.1 Å². The summed E-state index contributed by atoms with van der Waals surface area (Å²) in [6.07, 6.45) is 3.68. The fourth-order valence-corrected chi connectivity index (χ4v) is 2.36. The molecule has 0 aliphatic heterocycles. The second-order valence-corrected chi connectivity index (χ2v) is 3.55. The van der Waals surface area contributed by atoms with Crippen LogP contribution in [0, 0.1) is 11.8 Å². The molecule has 0 aromatic rings. The molecule has 2 rings (SSSR count). The topological polar surface area (TPSA) is 52.0 Å². The van der Waals surface area contributed by atoms with E-state index in [1.54, 1.807) is 0 Å². The SMILES string of the molecule is Cl.Cl.NC1CC2CC1CC2N. The zero-order valence-corrected chi connectivity index (χ0v) is 8.03. The molecule has 0 saturated heterocycles. The van der Waals surface area contributed by atoms with Crippen molar-refractivity contribution in [1.82, 2.24) is 0 Å². The predicted molar refractivity (Wildman–Crippen MR) is 51.3 cm³/mol. The Morgan fingerprint density at radius 1 is 0.727 bits per heavy atom. The lowest BCUT2D eigenvalue weighted by Crippen LogP contribution is -2.35. The summed E-state index contributed by atoms with van der Waals surface area (Å²) < 4.78 is 0. The van der Waals surface area contributed by atoms with Gasteiger partial charge in [-0.1, -0.05) is 0 Å². The van der Waals surface area contributed by atoms with Gasteiger partial charge in [-0.3, -0.25) is 0 Å². The monoisotopic (exact) mass is 198 g/mol. The average Bonchev–Trinajstić information content (AvgIpc) is 2.24. The Balaban J connectivity index is 0.000000500. The van der Waals surface area contributed by atoms with E-state index in [1.807, 2.05) is 0 Å². The lowest BCUT2D eigenvalue weighted by molar-refractivity contribution is 0.375. The fourth-order valence-electron chi connectivity index (χ4n) is 2.36. The Morgan fingerprint density at radius 3 is 1.27 bits per heavy atom. The molecule has 4 atom stereocenters. The van der Waals surface area contributed by atoms with Crippen molar-refractivity contribution < 1.29 is 0 Å². The number of fused-ring (bicyclic) bond motifs is 2. The van der Waals surface area contributed by atoms with Crippen LogP contribution >= 0.6 is 24.8 Å². The molecule has 2 fully saturated rings.